The lowest BCUT2D eigenvalue weighted by atomic mass is 9.91. The summed E-state index contributed by atoms with van der Waals surface area (Å²) < 4.78 is 15.4. The highest BCUT2D eigenvalue weighted by atomic mass is 16.3. The predicted octanol–water partition coefficient (Wildman–Crippen LogP) is 13.6. The normalized spacial score (nSPS) is 12.2. The van der Waals surface area contributed by atoms with Crippen molar-refractivity contribution in [3.8, 4) is 28.1 Å². The zero-order valence-corrected chi connectivity index (χ0v) is 28.4. The predicted molar refractivity (Wildman–Crippen MR) is 219 cm³/mol. The van der Waals surface area contributed by atoms with Gasteiger partial charge in [-0.15, -0.1) is 0 Å². The first-order valence-electron chi connectivity index (χ1n) is 18.0. The van der Waals surface area contributed by atoms with E-state index >= 15 is 0 Å². The number of para-hydroxylation sites is 5. The summed E-state index contributed by atoms with van der Waals surface area (Å²) in [5.74, 6) is 0. The summed E-state index contributed by atoms with van der Waals surface area (Å²) in [6.45, 7) is 0. The van der Waals surface area contributed by atoms with Gasteiger partial charge >= 0.3 is 0 Å². The Hall–Kier alpha value is -7.17. The number of furan rings is 2. The molecule has 0 aliphatic heterocycles. The molecule has 4 heterocycles. The van der Waals surface area contributed by atoms with Crippen LogP contribution < -0.4 is 0 Å². The Balaban J connectivity index is 1.15. The maximum Gasteiger partial charge on any atom is 0.143 e. The summed E-state index contributed by atoms with van der Waals surface area (Å²) in [4.78, 5) is 5.39. The smallest absolute Gasteiger partial charge is 0.143 e. The second-order valence-corrected chi connectivity index (χ2v) is 13.9. The largest absolute Gasteiger partial charge is 0.456 e. The standard InChI is InChI=1S/C49H28N2O2/c1-6-16-40-35(14-1)46-39(48(50-40)30-23-26-45-38(27-30)34-13-4-9-19-43(34)52-45)28-37(49-47(46)36-15-5-10-20-44(36)53-49)29-21-24-31(25-22-29)51-41-17-7-2-11-32(41)33-12-3-8-18-42(33)51/h1-28H. The van der Waals surface area contributed by atoms with Crippen molar-refractivity contribution >= 4 is 87.4 Å². The Morgan fingerprint density at radius 2 is 0.981 bits per heavy atom. The molecule has 0 bridgehead atoms. The first kappa shape index (κ1) is 28.5. The highest BCUT2D eigenvalue weighted by Gasteiger charge is 2.22. The van der Waals surface area contributed by atoms with Crippen LogP contribution in [0.15, 0.2) is 179 Å². The second-order valence-electron chi connectivity index (χ2n) is 13.9. The number of rotatable bonds is 3. The van der Waals surface area contributed by atoms with Crippen molar-refractivity contribution in [2.24, 2.45) is 0 Å². The van der Waals surface area contributed by atoms with Gasteiger partial charge in [0.2, 0.25) is 0 Å². The van der Waals surface area contributed by atoms with Gasteiger partial charge in [0.15, 0.2) is 0 Å². The van der Waals surface area contributed by atoms with Crippen LogP contribution in [0.2, 0.25) is 0 Å². The SMILES string of the molecule is c1ccc2c(c1)nc(-c1ccc3oc4ccccc4c3c1)c1cc(-c3ccc(-n4c5ccccc5c5ccccc54)cc3)c3oc4ccccc4c3c12. The van der Waals surface area contributed by atoms with Gasteiger partial charge in [0, 0.05) is 65.3 Å². The van der Waals surface area contributed by atoms with Crippen LogP contribution in [0.5, 0.6) is 0 Å². The van der Waals surface area contributed by atoms with Crippen molar-refractivity contribution in [3.05, 3.63) is 170 Å². The molecule has 4 nitrogen and oxygen atoms in total. The van der Waals surface area contributed by atoms with Crippen molar-refractivity contribution in [2.45, 2.75) is 0 Å². The maximum absolute atomic E-state index is 6.82. The Morgan fingerprint density at radius 1 is 0.396 bits per heavy atom. The van der Waals surface area contributed by atoms with E-state index in [-0.39, 0.29) is 0 Å². The van der Waals surface area contributed by atoms with Gasteiger partial charge in [-0.25, -0.2) is 4.98 Å². The number of pyridine rings is 1. The lowest BCUT2D eigenvalue weighted by Crippen LogP contribution is -1.94. The summed E-state index contributed by atoms with van der Waals surface area (Å²) in [5, 5.41) is 10.2. The van der Waals surface area contributed by atoms with Crippen molar-refractivity contribution in [1.29, 1.82) is 0 Å². The van der Waals surface area contributed by atoms with Crippen LogP contribution in [-0.2, 0) is 0 Å². The van der Waals surface area contributed by atoms with Crippen LogP contribution in [0.4, 0.5) is 0 Å². The van der Waals surface area contributed by atoms with E-state index in [1.54, 1.807) is 0 Å². The Bertz CT molecular complexity index is 3400. The van der Waals surface area contributed by atoms with Crippen molar-refractivity contribution in [2.75, 3.05) is 0 Å². The van der Waals surface area contributed by atoms with Gasteiger partial charge in [0.1, 0.15) is 22.3 Å². The summed E-state index contributed by atoms with van der Waals surface area (Å²) in [6.07, 6.45) is 0. The van der Waals surface area contributed by atoms with E-state index < -0.39 is 0 Å². The Labute approximate surface area is 302 Å². The molecular weight excluding hydrogens is 649 g/mol. The van der Waals surface area contributed by atoms with Crippen molar-refractivity contribution in [3.63, 3.8) is 0 Å². The van der Waals surface area contributed by atoms with Gasteiger partial charge in [-0.05, 0) is 72.3 Å². The van der Waals surface area contributed by atoms with Crippen LogP contribution in [0.25, 0.3) is 115 Å². The van der Waals surface area contributed by atoms with E-state index in [1.807, 2.05) is 18.2 Å². The second kappa shape index (κ2) is 10.7. The molecule has 0 unspecified atom stereocenters. The quantitative estimate of drug-likeness (QED) is 0.175. The molecule has 0 saturated heterocycles. The zero-order valence-electron chi connectivity index (χ0n) is 28.4. The third kappa shape index (κ3) is 4.03. The molecule has 0 N–H and O–H groups in total. The molecule has 0 amide bonds. The van der Waals surface area contributed by atoms with Crippen molar-refractivity contribution < 1.29 is 8.83 Å². The van der Waals surface area contributed by atoms with Crippen molar-refractivity contribution in [1.82, 2.24) is 9.55 Å². The molecule has 4 aromatic heterocycles. The van der Waals surface area contributed by atoms with E-state index in [4.69, 9.17) is 13.8 Å². The first-order chi connectivity index (χ1) is 26.3. The number of aromatic nitrogens is 2. The molecule has 0 fully saturated rings. The number of fused-ring (bicyclic) bond motifs is 13. The van der Waals surface area contributed by atoms with Crippen LogP contribution in [-0.4, -0.2) is 9.55 Å². The molecular formula is C49H28N2O2. The summed E-state index contributed by atoms with van der Waals surface area (Å²) in [6, 6.07) is 60.0. The topological polar surface area (TPSA) is 44.1 Å². The molecule has 0 atom stereocenters. The van der Waals surface area contributed by atoms with Gasteiger partial charge in [-0.3, -0.25) is 0 Å². The van der Waals surface area contributed by atoms with Gasteiger partial charge in [-0.1, -0.05) is 103 Å². The monoisotopic (exact) mass is 676 g/mol. The van der Waals surface area contributed by atoms with Gasteiger partial charge in [0.25, 0.3) is 0 Å². The molecule has 0 saturated carbocycles. The maximum atomic E-state index is 6.82. The number of hydrogen-bond donors (Lipinski definition) is 0. The van der Waals surface area contributed by atoms with E-state index in [1.165, 1.54) is 21.8 Å². The molecule has 246 valence electrons. The highest BCUT2D eigenvalue weighted by molar-refractivity contribution is 6.30. The fourth-order valence-corrected chi connectivity index (χ4v) is 8.63. The highest BCUT2D eigenvalue weighted by Crippen LogP contribution is 2.46. The van der Waals surface area contributed by atoms with E-state index in [0.717, 1.165) is 93.6 Å². The molecule has 4 heteroatoms. The third-order valence-electron chi connectivity index (χ3n) is 11.0. The average molecular weight is 677 g/mol. The van der Waals surface area contributed by atoms with E-state index in [9.17, 15) is 0 Å². The fourth-order valence-electron chi connectivity index (χ4n) is 8.63. The molecule has 53 heavy (non-hydrogen) atoms. The zero-order chi connectivity index (χ0) is 34.6. The molecule has 12 aromatic rings. The van der Waals surface area contributed by atoms with Gasteiger partial charge in [-0.2, -0.15) is 0 Å². The van der Waals surface area contributed by atoms with Crippen LogP contribution in [0.1, 0.15) is 0 Å². The van der Waals surface area contributed by atoms with Gasteiger partial charge in [0.05, 0.1) is 22.2 Å². The molecule has 0 radical (unpaired) electrons. The third-order valence-corrected chi connectivity index (χ3v) is 11.0. The average Bonchev–Trinajstić information content (AvgIpc) is 3.90. The minimum Gasteiger partial charge on any atom is -0.456 e. The molecule has 0 spiro atoms. The fraction of sp³-hybridized carbons (Fsp3) is 0. The summed E-state index contributed by atoms with van der Waals surface area (Å²) in [7, 11) is 0. The molecule has 12 rings (SSSR count). The Kier molecular flexibility index (Phi) is 5.74. The Morgan fingerprint density at radius 3 is 1.74 bits per heavy atom. The van der Waals surface area contributed by atoms with Crippen LogP contribution >= 0.6 is 0 Å². The van der Waals surface area contributed by atoms with E-state index in [2.05, 4.69) is 156 Å². The number of hydrogen-bond acceptors (Lipinski definition) is 3. The number of benzene rings is 8. The molecule has 0 aliphatic rings. The first-order valence-corrected chi connectivity index (χ1v) is 18.0. The minimum atomic E-state index is 0.867. The van der Waals surface area contributed by atoms with Crippen LogP contribution in [0.3, 0.4) is 0 Å². The molecule has 8 aromatic carbocycles. The summed E-state index contributed by atoms with van der Waals surface area (Å²) in [5.41, 5.74) is 12.0. The number of nitrogens with zero attached hydrogens (tertiary/aromatic N) is 2. The van der Waals surface area contributed by atoms with Gasteiger partial charge < -0.3 is 13.4 Å². The minimum absolute atomic E-state index is 0.867. The van der Waals surface area contributed by atoms with E-state index in [0.29, 0.717) is 0 Å². The lowest BCUT2D eigenvalue weighted by molar-refractivity contribution is 0.669. The van der Waals surface area contributed by atoms with Crippen LogP contribution in [0, 0.1) is 0 Å². The summed E-state index contributed by atoms with van der Waals surface area (Å²) >= 11 is 0. The lowest BCUT2D eigenvalue weighted by Gasteiger charge is -2.14. The molecule has 0 aliphatic carbocycles.